The number of nitrogens with one attached hydrogen (secondary N) is 2. The van der Waals surface area contributed by atoms with E-state index in [-0.39, 0.29) is 17.8 Å². The molecule has 1 aliphatic rings. The third-order valence-corrected chi connectivity index (χ3v) is 7.20. The van der Waals surface area contributed by atoms with Gasteiger partial charge in [0.25, 0.3) is 0 Å². The summed E-state index contributed by atoms with van der Waals surface area (Å²) in [6.07, 6.45) is 5.23. The van der Waals surface area contributed by atoms with Gasteiger partial charge in [-0.1, -0.05) is 62.9 Å². The number of nitrogens with zero attached hydrogens (tertiary/aromatic N) is 1. The van der Waals surface area contributed by atoms with Crippen molar-refractivity contribution >= 4 is 23.7 Å². The molecule has 1 heterocycles. The molecule has 0 saturated carbocycles. The van der Waals surface area contributed by atoms with Gasteiger partial charge in [-0.3, -0.25) is 23.6 Å². The fourth-order valence-corrected chi connectivity index (χ4v) is 4.79. The van der Waals surface area contributed by atoms with Crippen LogP contribution in [0.5, 0.6) is 0 Å². The third kappa shape index (κ3) is 10.9. The summed E-state index contributed by atoms with van der Waals surface area (Å²) >= 11 is 0. The van der Waals surface area contributed by atoms with E-state index in [1.807, 2.05) is 37.3 Å². The summed E-state index contributed by atoms with van der Waals surface area (Å²) in [5.74, 6) is -1.59. The number of alkyl halides is 1. The summed E-state index contributed by atoms with van der Waals surface area (Å²) in [4.78, 5) is 53.2. The predicted octanol–water partition coefficient (Wildman–Crippen LogP) is 2.66. The molecule has 0 bridgehead atoms. The number of amides is 3. The molecule has 1 aliphatic heterocycles. The minimum atomic E-state index is -0.888. The largest absolute Gasteiger partial charge is 0.469 e. The smallest absolute Gasteiger partial charge is 0.308 e. The monoisotopic (exact) mass is 548 g/mol. The second kappa shape index (κ2) is 17.6. The normalized spacial score (nSPS) is 16.2. The molecule has 9 nitrogen and oxygen atoms in total. The summed E-state index contributed by atoms with van der Waals surface area (Å²) in [6, 6.07) is 6.90. The molecule has 10 heteroatoms. The van der Waals surface area contributed by atoms with Gasteiger partial charge in [0.15, 0.2) is 0 Å². The van der Waals surface area contributed by atoms with E-state index >= 15 is 0 Å². The lowest BCUT2D eigenvalue weighted by atomic mass is 9.96. The third-order valence-electron chi connectivity index (χ3n) is 7.20. The lowest BCUT2D eigenvalue weighted by Crippen LogP contribution is -2.57. The molecule has 0 spiro atoms. The molecule has 0 aliphatic carbocycles. The number of rotatable bonds is 16. The number of piperidine rings is 1. The Morgan fingerprint density at radius 1 is 0.974 bits per heavy atom. The molecular weight excluding hydrogens is 503 g/mol. The highest BCUT2D eigenvalue weighted by Gasteiger charge is 2.33. The van der Waals surface area contributed by atoms with Crippen LogP contribution in [0.3, 0.4) is 0 Å². The van der Waals surface area contributed by atoms with Crippen molar-refractivity contribution in [3.8, 4) is 0 Å². The molecule has 1 aromatic rings. The minimum absolute atomic E-state index is 0.191. The highest BCUT2D eigenvalue weighted by Crippen LogP contribution is 2.20. The van der Waals surface area contributed by atoms with Crippen LogP contribution in [0.15, 0.2) is 30.3 Å². The van der Waals surface area contributed by atoms with E-state index in [4.69, 9.17) is 10.5 Å². The van der Waals surface area contributed by atoms with Crippen LogP contribution in [0.1, 0.15) is 70.3 Å². The van der Waals surface area contributed by atoms with E-state index in [9.17, 15) is 23.6 Å². The summed E-state index contributed by atoms with van der Waals surface area (Å²) in [7, 11) is 1.36. The zero-order valence-electron chi connectivity index (χ0n) is 23.3. The van der Waals surface area contributed by atoms with Crippen LogP contribution in [-0.4, -0.2) is 73.6 Å². The first kappa shape index (κ1) is 32.2. The van der Waals surface area contributed by atoms with Crippen molar-refractivity contribution in [3.05, 3.63) is 35.9 Å². The maximum Gasteiger partial charge on any atom is 0.308 e. The topological polar surface area (TPSA) is 131 Å². The van der Waals surface area contributed by atoms with Crippen molar-refractivity contribution in [2.45, 2.75) is 89.3 Å². The van der Waals surface area contributed by atoms with E-state index in [2.05, 4.69) is 10.6 Å². The number of carbonyl (C=O) groups is 4. The van der Waals surface area contributed by atoms with Gasteiger partial charge in [0.1, 0.15) is 12.1 Å². The summed E-state index contributed by atoms with van der Waals surface area (Å²) in [5, 5.41) is 5.65. The van der Waals surface area contributed by atoms with Gasteiger partial charge < -0.3 is 26.0 Å². The van der Waals surface area contributed by atoms with E-state index in [1.165, 1.54) is 7.11 Å². The van der Waals surface area contributed by atoms with E-state index in [0.717, 1.165) is 18.4 Å². The average Bonchev–Trinajstić information content (AvgIpc) is 2.96. The van der Waals surface area contributed by atoms with Crippen molar-refractivity contribution in [1.82, 2.24) is 15.5 Å². The molecule has 0 aromatic heterocycles. The lowest BCUT2D eigenvalue weighted by molar-refractivity contribution is -0.149. The van der Waals surface area contributed by atoms with Gasteiger partial charge in [0.05, 0.1) is 25.7 Å². The summed E-state index contributed by atoms with van der Waals surface area (Å²) in [6.45, 7) is 2.39. The standard InChI is InChI=1S/C29H45FN4O5/c1-3-4-13-25(28(37)34-18-15-22(16-19-34)29(38)39-2)33-27(36)24(14-9-6-10-17-30)32-26(35)23(31)20-21-11-7-5-8-12-21/h5,7-8,11-12,22-25H,3-4,6,9-10,13-20,31H2,1-2H3,(H,32,35)(H,33,36)/t23-,24-,25?/m1/s1. The first-order chi connectivity index (χ1) is 18.8. The molecule has 4 N–H and O–H groups in total. The second-order valence-corrected chi connectivity index (χ2v) is 10.2. The highest BCUT2D eigenvalue weighted by molar-refractivity contribution is 5.93. The van der Waals surface area contributed by atoms with Crippen LogP contribution in [0.4, 0.5) is 4.39 Å². The van der Waals surface area contributed by atoms with Gasteiger partial charge >= 0.3 is 5.97 Å². The lowest BCUT2D eigenvalue weighted by Gasteiger charge is -2.34. The van der Waals surface area contributed by atoms with E-state index in [0.29, 0.717) is 64.5 Å². The Morgan fingerprint density at radius 2 is 1.62 bits per heavy atom. The SMILES string of the molecule is CCCCC(NC(=O)[C@@H](CCCCCF)NC(=O)[C@H](N)Cc1ccccc1)C(=O)N1CCC(C(=O)OC)CC1. The van der Waals surface area contributed by atoms with E-state index in [1.54, 1.807) is 4.90 Å². The number of hydrogen-bond acceptors (Lipinski definition) is 6. The molecule has 0 radical (unpaired) electrons. The van der Waals surface area contributed by atoms with Gasteiger partial charge in [-0.15, -0.1) is 0 Å². The Kier molecular flexibility index (Phi) is 14.5. The van der Waals surface area contributed by atoms with Gasteiger partial charge in [0.2, 0.25) is 17.7 Å². The fraction of sp³-hybridized carbons (Fsp3) is 0.655. The van der Waals surface area contributed by atoms with E-state index < -0.39 is 36.6 Å². The van der Waals surface area contributed by atoms with Crippen LogP contribution in [0, 0.1) is 5.92 Å². The molecule has 3 atom stereocenters. The number of likely N-dealkylation sites (tertiary alicyclic amines) is 1. The number of benzene rings is 1. The van der Waals surface area contributed by atoms with Gasteiger partial charge in [-0.25, -0.2) is 0 Å². The Balaban J connectivity index is 2.06. The van der Waals surface area contributed by atoms with Gasteiger partial charge in [0, 0.05) is 13.1 Å². The molecule has 2 rings (SSSR count). The summed E-state index contributed by atoms with van der Waals surface area (Å²) in [5.41, 5.74) is 7.05. The predicted molar refractivity (Wildman–Crippen MR) is 147 cm³/mol. The Hall–Kier alpha value is -3.01. The Morgan fingerprint density at radius 3 is 2.23 bits per heavy atom. The first-order valence-corrected chi connectivity index (χ1v) is 14.1. The summed E-state index contributed by atoms with van der Waals surface area (Å²) < 4.78 is 17.4. The maximum absolute atomic E-state index is 13.4. The first-order valence-electron chi connectivity index (χ1n) is 14.1. The van der Waals surface area contributed by atoms with Crippen LogP contribution >= 0.6 is 0 Å². The number of halogens is 1. The molecule has 1 fully saturated rings. The molecule has 1 aromatic carbocycles. The van der Waals surface area contributed by atoms with Gasteiger partial charge in [-0.2, -0.15) is 0 Å². The number of ether oxygens (including phenoxy) is 1. The van der Waals surface area contributed by atoms with Gasteiger partial charge in [-0.05, 0) is 44.1 Å². The molecule has 39 heavy (non-hydrogen) atoms. The number of methoxy groups -OCH3 is 1. The quantitative estimate of drug-likeness (QED) is 0.215. The Bertz CT molecular complexity index is 908. The van der Waals surface area contributed by atoms with Crippen molar-refractivity contribution in [2.24, 2.45) is 11.7 Å². The van der Waals surface area contributed by atoms with Crippen LogP contribution in [0.25, 0.3) is 0 Å². The van der Waals surface area contributed by atoms with Crippen molar-refractivity contribution in [1.29, 1.82) is 0 Å². The number of carbonyl (C=O) groups excluding carboxylic acids is 4. The molecule has 1 saturated heterocycles. The van der Waals surface area contributed by atoms with Crippen LogP contribution in [-0.2, 0) is 30.3 Å². The maximum atomic E-state index is 13.4. The zero-order valence-corrected chi connectivity index (χ0v) is 23.3. The average molecular weight is 549 g/mol. The number of hydrogen-bond donors (Lipinski definition) is 3. The fourth-order valence-electron chi connectivity index (χ4n) is 4.79. The minimum Gasteiger partial charge on any atom is -0.469 e. The zero-order chi connectivity index (χ0) is 28.6. The number of esters is 1. The molecule has 1 unspecified atom stereocenters. The molecule has 3 amide bonds. The molecular formula is C29H45FN4O5. The number of nitrogens with two attached hydrogens (primary N) is 1. The Labute approximate surface area is 231 Å². The van der Waals surface area contributed by atoms with Crippen molar-refractivity contribution < 1.29 is 28.3 Å². The van der Waals surface area contributed by atoms with Crippen molar-refractivity contribution in [3.63, 3.8) is 0 Å². The second-order valence-electron chi connectivity index (χ2n) is 10.2. The van der Waals surface area contributed by atoms with Crippen molar-refractivity contribution in [2.75, 3.05) is 26.9 Å². The molecule has 218 valence electrons. The van der Waals surface area contributed by atoms with Crippen LogP contribution in [0.2, 0.25) is 0 Å². The number of unbranched alkanes of at least 4 members (excludes halogenated alkanes) is 3. The highest BCUT2D eigenvalue weighted by atomic mass is 19.1. The van der Waals surface area contributed by atoms with Crippen LogP contribution < -0.4 is 16.4 Å².